The van der Waals surface area contributed by atoms with Gasteiger partial charge in [-0.1, -0.05) is 30.3 Å². The Bertz CT molecular complexity index is 690. The molecule has 0 radical (unpaired) electrons. The van der Waals surface area contributed by atoms with Gasteiger partial charge in [0.05, 0.1) is 19.8 Å². The summed E-state index contributed by atoms with van der Waals surface area (Å²) in [4.78, 5) is 13.6. The summed E-state index contributed by atoms with van der Waals surface area (Å²) in [7, 11) is 3.19. The van der Waals surface area contributed by atoms with Crippen molar-refractivity contribution in [2.75, 3.05) is 20.7 Å². The summed E-state index contributed by atoms with van der Waals surface area (Å²) in [5.41, 5.74) is 1.20. The average molecular weight is 331 g/mol. The Morgan fingerprint density at radius 1 is 1.25 bits per heavy atom. The van der Waals surface area contributed by atoms with Crippen LogP contribution in [0.3, 0.4) is 0 Å². The van der Waals surface area contributed by atoms with Gasteiger partial charge in [-0.3, -0.25) is 4.79 Å². The molecule has 0 bridgehead atoms. The van der Waals surface area contributed by atoms with Gasteiger partial charge < -0.3 is 14.7 Å². The molecule has 5 heteroatoms. The molecule has 0 saturated heterocycles. The molecule has 0 spiro atoms. The molecule has 1 unspecified atom stereocenters. The Kier molecular flexibility index (Phi) is 6.32. The lowest BCUT2D eigenvalue weighted by Gasteiger charge is -2.21. The quantitative estimate of drug-likeness (QED) is 0.849. The van der Waals surface area contributed by atoms with Crippen LogP contribution in [0.15, 0.2) is 48.5 Å². The molecule has 24 heavy (non-hydrogen) atoms. The predicted molar refractivity (Wildman–Crippen MR) is 90.3 cm³/mol. The fourth-order valence-electron chi connectivity index (χ4n) is 2.45. The third kappa shape index (κ3) is 4.80. The van der Waals surface area contributed by atoms with E-state index in [1.807, 2.05) is 0 Å². The number of rotatable bonds is 7. The van der Waals surface area contributed by atoms with Gasteiger partial charge in [0.15, 0.2) is 0 Å². The van der Waals surface area contributed by atoms with Gasteiger partial charge in [0.1, 0.15) is 11.6 Å². The maximum absolute atomic E-state index is 13.6. The molecule has 1 amide bonds. The lowest BCUT2D eigenvalue weighted by molar-refractivity contribution is -0.131. The van der Waals surface area contributed by atoms with E-state index < -0.39 is 6.10 Å². The number of aliphatic hydroxyl groups is 1. The molecule has 2 aromatic rings. The Labute approximate surface area is 141 Å². The maximum Gasteiger partial charge on any atom is 0.222 e. The highest BCUT2D eigenvalue weighted by Gasteiger charge is 2.16. The molecule has 0 heterocycles. The zero-order chi connectivity index (χ0) is 17.5. The van der Waals surface area contributed by atoms with Crippen molar-refractivity contribution in [3.05, 3.63) is 65.5 Å². The number of likely N-dealkylation sites (N-methyl/N-ethyl adjacent to an activating group) is 1. The zero-order valence-corrected chi connectivity index (χ0v) is 13.9. The lowest BCUT2D eigenvalue weighted by atomic mass is 10.1. The van der Waals surface area contributed by atoms with E-state index in [9.17, 15) is 14.3 Å². The van der Waals surface area contributed by atoms with Crippen LogP contribution in [0.4, 0.5) is 4.39 Å². The highest BCUT2D eigenvalue weighted by Crippen LogP contribution is 2.20. The molecule has 1 atom stereocenters. The van der Waals surface area contributed by atoms with Crippen molar-refractivity contribution in [2.24, 2.45) is 0 Å². The summed E-state index contributed by atoms with van der Waals surface area (Å²) >= 11 is 0. The van der Waals surface area contributed by atoms with Crippen molar-refractivity contribution < 1.29 is 19.0 Å². The van der Waals surface area contributed by atoms with Crippen LogP contribution < -0.4 is 4.74 Å². The van der Waals surface area contributed by atoms with Crippen molar-refractivity contribution in [3.8, 4) is 5.75 Å². The normalized spacial score (nSPS) is 11.8. The molecule has 0 aromatic heterocycles. The number of benzene rings is 2. The van der Waals surface area contributed by atoms with Gasteiger partial charge in [-0.2, -0.15) is 0 Å². The molecule has 0 aliphatic rings. The zero-order valence-electron chi connectivity index (χ0n) is 13.9. The Balaban J connectivity index is 1.89. The standard InChI is InChI=1S/C19H22FNO3/c1-21(13-18(22)15-7-5-8-16(12-15)24-2)19(23)11-10-14-6-3-4-9-17(14)20/h3-9,12,18,22H,10-11,13H2,1-2H3. The summed E-state index contributed by atoms with van der Waals surface area (Å²) in [6.45, 7) is 0.170. The van der Waals surface area contributed by atoms with Crippen molar-refractivity contribution in [3.63, 3.8) is 0 Å². The van der Waals surface area contributed by atoms with Crippen LogP contribution in [0.2, 0.25) is 0 Å². The molecule has 2 rings (SSSR count). The lowest BCUT2D eigenvalue weighted by Crippen LogP contribution is -2.31. The van der Waals surface area contributed by atoms with Crippen LogP contribution in [0, 0.1) is 5.82 Å². The van der Waals surface area contributed by atoms with Crippen molar-refractivity contribution >= 4 is 5.91 Å². The third-order valence-electron chi connectivity index (χ3n) is 3.92. The van der Waals surface area contributed by atoms with Crippen LogP contribution in [0.25, 0.3) is 0 Å². The van der Waals surface area contributed by atoms with Gasteiger partial charge in [0.2, 0.25) is 5.91 Å². The molecule has 2 aromatic carbocycles. The van der Waals surface area contributed by atoms with E-state index >= 15 is 0 Å². The first-order valence-electron chi connectivity index (χ1n) is 7.80. The number of carbonyl (C=O) groups excluding carboxylic acids is 1. The Morgan fingerprint density at radius 3 is 2.71 bits per heavy atom. The van der Waals surface area contributed by atoms with Gasteiger partial charge in [-0.25, -0.2) is 4.39 Å². The molecule has 128 valence electrons. The minimum Gasteiger partial charge on any atom is -0.497 e. The monoisotopic (exact) mass is 331 g/mol. The van der Waals surface area contributed by atoms with Crippen LogP contribution in [-0.4, -0.2) is 36.6 Å². The second kappa shape index (κ2) is 8.45. The van der Waals surface area contributed by atoms with Crippen LogP contribution in [0.1, 0.15) is 23.7 Å². The molecular weight excluding hydrogens is 309 g/mol. The number of aryl methyl sites for hydroxylation is 1. The number of methoxy groups -OCH3 is 1. The van der Waals surface area contributed by atoms with E-state index in [0.29, 0.717) is 23.3 Å². The summed E-state index contributed by atoms with van der Waals surface area (Å²) in [6.07, 6.45) is -0.268. The molecule has 0 fully saturated rings. The summed E-state index contributed by atoms with van der Waals surface area (Å²) < 4.78 is 18.7. The van der Waals surface area contributed by atoms with Crippen molar-refractivity contribution in [1.82, 2.24) is 4.90 Å². The number of ether oxygens (including phenoxy) is 1. The molecule has 0 aliphatic heterocycles. The highest BCUT2D eigenvalue weighted by atomic mass is 19.1. The highest BCUT2D eigenvalue weighted by molar-refractivity contribution is 5.76. The maximum atomic E-state index is 13.6. The minimum absolute atomic E-state index is 0.139. The van der Waals surface area contributed by atoms with E-state index in [4.69, 9.17) is 4.74 Å². The smallest absolute Gasteiger partial charge is 0.222 e. The van der Waals surface area contributed by atoms with E-state index in [0.717, 1.165) is 0 Å². The van der Waals surface area contributed by atoms with Gasteiger partial charge in [0.25, 0.3) is 0 Å². The van der Waals surface area contributed by atoms with Gasteiger partial charge in [-0.15, -0.1) is 0 Å². The van der Waals surface area contributed by atoms with Crippen LogP contribution in [0.5, 0.6) is 5.75 Å². The second-order valence-corrected chi connectivity index (χ2v) is 5.66. The Morgan fingerprint density at radius 2 is 2.00 bits per heavy atom. The number of nitrogens with zero attached hydrogens (tertiary/aromatic N) is 1. The van der Waals surface area contributed by atoms with E-state index in [1.165, 1.54) is 11.0 Å². The third-order valence-corrected chi connectivity index (χ3v) is 3.92. The molecular formula is C19H22FNO3. The first kappa shape index (κ1) is 17.9. The summed E-state index contributed by atoms with van der Waals surface area (Å²) in [5.74, 6) is 0.213. The topological polar surface area (TPSA) is 49.8 Å². The first-order valence-corrected chi connectivity index (χ1v) is 7.80. The number of amides is 1. The summed E-state index contributed by atoms with van der Waals surface area (Å²) in [6, 6.07) is 13.5. The molecule has 1 N–H and O–H groups in total. The van der Waals surface area contributed by atoms with Crippen molar-refractivity contribution in [1.29, 1.82) is 0 Å². The van der Waals surface area contributed by atoms with Crippen molar-refractivity contribution in [2.45, 2.75) is 18.9 Å². The van der Waals surface area contributed by atoms with E-state index in [1.54, 1.807) is 56.6 Å². The number of halogens is 1. The van der Waals surface area contributed by atoms with Gasteiger partial charge >= 0.3 is 0 Å². The van der Waals surface area contributed by atoms with E-state index in [2.05, 4.69) is 0 Å². The summed E-state index contributed by atoms with van der Waals surface area (Å²) in [5, 5.41) is 10.3. The molecule has 0 aliphatic carbocycles. The number of hydrogen-bond donors (Lipinski definition) is 1. The van der Waals surface area contributed by atoms with Crippen LogP contribution in [-0.2, 0) is 11.2 Å². The first-order chi connectivity index (χ1) is 11.5. The largest absolute Gasteiger partial charge is 0.497 e. The minimum atomic E-state index is -0.803. The number of carbonyl (C=O) groups is 1. The van der Waals surface area contributed by atoms with Gasteiger partial charge in [0, 0.05) is 13.5 Å². The molecule has 0 saturated carbocycles. The van der Waals surface area contributed by atoms with E-state index in [-0.39, 0.29) is 24.7 Å². The molecule has 4 nitrogen and oxygen atoms in total. The Hall–Kier alpha value is -2.40. The van der Waals surface area contributed by atoms with Crippen LogP contribution >= 0.6 is 0 Å². The predicted octanol–water partition coefficient (Wildman–Crippen LogP) is 2.96. The fourth-order valence-corrected chi connectivity index (χ4v) is 2.45. The fraction of sp³-hybridized carbons (Fsp3) is 0.316. The number of hydrogen-bond acceptors (Lipinski definition) is 3. The average Bonchev–Trinajstić information content (AvgIpc) is 2.60. The second-order valence-electron chi connectivity index (χ2n) is 5.66. The van der Waals surface area contributed by atoms with Gasteiger partial charge in [-0.05, 0) is 35.7 Å². The number of aliphatic hydroxyl groups excluding tert-OH is 1. The SMILES string of the molecule is COc1cccc(C(O)CN(C)C(=O)CCc2ccccc2F)c1.